The zero-order valence-corrected chi connectivity index (χ0v) is 11.0. The molecule has 4 nitrogen and oxygen atoms in total. The summed E-state index contributed by atoms with van der Waals surface area (Å²) in [6.07, 6.45) is 3.54. The van der Waals surface area contributed by atoms with Crippen molar-refractivity contribution in [1.29, 1.82) is 5.26 Å². The molecule has 0 aromatic rings. The van der Waals surface area contributed by atoms with Crippen molar-refractivity contribution >= 4 is 17.7 Å². The first kappa shape index (κ1) is 13.3. The quantitative estimate of drug-likeness (QED) is 0.733. The van der Waals surface area contributed by atoms with E-state index in [0.29, 0.717) is 19.6 Å². The van der Waals surface area contributed by atoms with E-state index < -0.39 is 0 Å². The molecule has 0 N–H and O–H groups in total. The molecule has 0 bridgehead atoms. The van der Waals surface area contributed by atoms with Gasteiger partial charge in [0.2, 0.25) is 5.91 Å². The summed E-state index contributed by atoms with van der Waals surface area (Å²) in [5, 5.41) is 9.13. The van der Waals surface area contributed by atoms with Crippen LogP contribution in [0.1, 0.15) is 12.8 Å². The lowest BCUT2D eigenvalue weighted by atomic mass is 9.97. The summed E-state index contributed by atoms with van der Waals surface area (Å²) in [4.78, 5) is 15.5. The van der Waals surface area contributed by atoms with Gasteiger partial charge in [-0.05, 0) is 33.2 Å². The summed E-state index contributed by atoms with van der Waals surface area (Å²) < 4.78 is -0.269. The highest BCUT2D eigenvalue weighted by atomic mass is 32.2. The summed E-state index contributed by atoms with van der Waals surface area (Å²) in [5.74, 6) is 0.164. The zero-order valence-electron chi connectivity index (χ0n) is 10.2. The molecule has 1 fully saturated rings. The zero-order chi connectivity index (χ0) is 12.2. The molecular formula is C11H19N3OS. The van der Waals surface area contributed by atoms with Crippen molar-refractivity contribution in [2.75, 3.05) is 40.0 Å². The van der Waals surface area contributed by atoms with Crippen LogP contribution in [0.15, 0.2) is 0 Å². The van der Waals surface area contributed by atoms with E-state index in [9.17, 15) is 4.79 Å². The van der Waals surface area contributed by atoms with Crippen LogP contribution < -0.4 is 0 Å². The summed E-state index contributed by atoms with van der Waals surface area (Å²) in [6.45, 7) is 1.88. The van der Waals surface area contributed by atoms with Crippen molar-refractivity contribution in [2.45, 2.75) is 17.6 Å². The number of rotatable bonds is 3. The van der Waals surface area contributed by atoms with Gasteiger partial charge in [-0.15, -0.1) is 11.8 Å². The predicted octanol–water partition coefficient (Wildman–Crippen LogP) is 0.796. The Hall–Kier alpha value is -0.730. The first-order valence-electron chi connectivity index (χ1n) is 5.42. The van der Waals surface area contributed by atoms with Gasteiger partial charge in [-0.2, -0.15) is 5.26 Å². The van der Waals surface area contributed by atoms with E-state index in [1.807, 2.05) is 30.2 Å². The smallest absolute Gasteiger partial charge is 0.236 e. The molecule has 90 valence electrons. The number of likely N-dealkylation sites (N-methyl/N-ethyl adjacent to an activating group) is 1. The second-order valence-corrected chi connectivity index (χ2v) is 5.62. The number of carbonyl (C=O) groups is 1. The lowest BCUT2D eigenvalue weighted by Crippen LogP contribution is -2.46. The van der Waals surface area contributed by atoms with Crippen molar-refractivity contribution in [3.63, 3.8) is 0 Å². The van der Waals surface area contributed by atoms with Gasteiger partial charge < -0.3 is 9.80 Å². The minimum atomic E-state index is -0.269. The van der Waals surface area contributed by atoms with Gasteiger partial charge in [0.05, 0.1) is 12.6 Å². The number of hydrogen-bond acceptors (Lipinski definition) is 4. The molecule has 1 aliphatic rings. The number of piperidine rings is 1. The Morgan fingerprint density at radius 3 is 2.44 bits per heavy atom. The average Bonchev–Trinajstić information content (AvgIpc) is 2.28. The summed E-state index contributed by atoms with van der Waals surface area (Å²) in [5.41, 5.74) is 0. The summed E-state index contributed by atoms with van der Waals surface area (Å²) in [7, 11) is 3.78. The van der Waals surface area contributed by atoms with Crippen LogP contribution in [0, 0.1) is 11.3 Å². The van der Waals surface area contributed by atoms with E-state index in [0.717, 1.165) is 12.8 Å². The van der Waals surface area contributed by atoms with Crippen LogP contribution in [0.4, 0.5) is 0 Å². The van der Waals surface area contributed by atoms with E-state index in [2.05, 4.69) is 6.07 Å². The molecule has 16 heavy (non-hydrogen) atoms. The van der Waals surface area contributed by atoms with E-state index in [1.165, 1.54) is 0 Å². The molecule has 1 aliphatic heterocycles. The maximum absolute atomic E-state index is 11.8. The summed E-state index contributed by atoms with van der Waals surface area (Å²) >= 11 is 1.61. The van der Waals surface area contributed by atoms with Gasteiger partial charge in [0, 0.05) is 13.1 Å². The second-order valence-electron chi connectivity index (χ2n) is 4.43. The third-order valence-electron chi connectivity index (χ3n) is 2.97. The molecule has 1 rings (SSSR count). The van der Waals surface area contributed by atoms with Crippen LogP contribution in [-0.4, -0.2) is 60.4 Å². The van der Waals surface area contributed by atoms with E-state index in [1.54, 1.807) is 11.8 Å². The lowest BCUT2D eigenvalue weighted by molar-refractivity contribution is -0.132. The number of thioether (sulfide) groups is 1. The van der Waals surface area contributed by atoms with Gasteiger partial charge in [-0.3, -0.25) is 4.79 Å². The largest absolute Gasteiger partial charge is 0.341 e. The molecule has 0 aliphatic carbocycles. The topological polar surface area (TPSA) is 47.3 Å². The molecule has 0 aromatic carbocycles. The molecule has 1 amide bonds. The molecule has 0 aromatic heterocycles. The average molecular weight is 241 g/mol. The normalized spacial score (nSPS) is 19.6. The Kier molecular flexibility index (Phi) is 4.63. The van der Waals surface area contributed by atoms with Crippen molar-refractivity contribution in [2.24, 2.45) is 0 Å². The van der Waals surface area contributed by atoms with Gasteiger partial charge in [0.25, 0.3) is 0 Å². The van der Waals surface area contributed by atoms with Gasteiger partial charge in [-0.25, -0.2) is 0 Å². The molecule has 5 heteroatoms. The van der Waals surface area contributed by atoms with Crippen LogP contribution >= 0.6 is 11.8 Å². The second kappa shape index (κ2) is 5.55. The highest BCUT2D eigenvalue weighted by Crippen LogP contribution is 2.33. The maximum Gasteiger partial charge on any atom is 0.236 e. The highest BCUT2D eigenvalue weighted by Gasteiger charge is 2.35. The number of nitrogens with zero attached hydrogens (tertiary/aromatic N) is 3. The first-order valence-corrected chi connectivity index (χ1v) is 6.64. The molecule has 0 radical (unpaired) electrons. The van der Waals surface area contributed by atoms with Crippen molar-refractivity contribution in [3.05, 3.63) is 0 Å². The summed E-state index contributed by atoms with van der Waals surface area (Å²) in [6, 6.07) is 2.38. The molecule has 0 atom stereocenters. The SMILES string of the molecule is CSC1(C#N)CCN(C(=O)CN(C)C)CC1. The Morgan fingerprint density at radius 1 is 1.50 bits per heavy atom. The lowest BCUT2D eigenvalue weighted by Gasteiger charge is -2.36. The fraction of sp³-hybridized carbons (Fsp3) is 0.818. The first-order chi connectivity index (χ1) is 7.53. The van der Waals surface area contributed by atoms with E-state index in [4.69, 9.17) is 5.26 Å². The van der Waals surface area contributed by atoms with Gasteiger partial charge in [0.15, 0.2) is 0 Å². The molecule has 0 unspecified atom stereocenters. The Bertz CT molecular complexity index is 290. The number of likely N-dealkylation sites (tertiary alicyclic amines) is 1. The Balaban J connectivity index is 2.49. The minimum absolute atomic E-state index is 0.164. The van der Waals surface area contributed by atoms with Gasteiger partial charge in [0.1, 0.15) is 4.75 Å². The molecule has 1 heterocycles. The van der Waals surface area contributed by atoms with Gasteiger partial charge >= 0.3 is 0 Å². The van der Waals surface area contributed by atoms with Crippen molar-refractivity contribution in [3.8, 4) is 6.07 Å². The third kappa shape index (κ3) is 3.13. The molecular weight excluding hydrogens is 222 g/mol. The van der Waals surface area contributed by atoms with Crippen LogP contribution in [-0.2, 0) is 4.79 Å². The third-order valence-corrected chi connectivity index (χ3v) is 4.25. The molecule has 1 saturated heterocycles. The van der Waals surface area contributed by atoms with E-state index >= 15 is 0 Å². The van der Waals surface area contributed by atoms with E-state index in [-0.39, 0.29) is 10.7 Å². The fourth-order valence-corrected chi connectivity index (χ4v) is 2.53. The van der Waals surface area contributed by atoms with Crippen LogP contribution in [0.25, 0.3) is 0 Å². The van der Waals surface area contributed by atoms with Crippen LogP contribution in [0.5, 0.6) is 0 Å². The standard InChI is InChI=1S/C11H19N3OS/c1-13(2)8-10(15)14-6-4-11(9-12,16-3)5-7-14/h4-8H2,1-3H3. The minimum Gasteiger partial charge on any atom is -0.341 e. The van der Waals surface area contributed by atoms with Crippen LogP contribution in [0.2, 0.25) is 0 Å². The number of nitriles is 1. The number of amides is 1. The Morgan fingerprint density at radius 2 is 2.06 bits per heavy atom. The maximum atomic E-state index is 11.8. The molecule has 0 spiro atoms. The predicted molar refractivity (Wildman–Crippen MR) is 66.2 cm³/mol. The monoisotopic (exact) mass is 241 g/mol. The van der Waals surface area contributed by atoms with Crippen molar-refractivity contribution < 1.29 is 4.79 Å². The van der Waals surface area contributed by atoms with Gasteiger partial charge in [-0.1, -0.05) is 0 Å². The number of hydrogen-bond donors (Lipinski definition) is 0. The molecule has 0 saturated carbocycles. The van der Waals surface area contributed by atoms with Crippen LogP contribution in [0.3, 0.4) is 0 Å². The Labute approximate surface area is 102 Å². The highest BCUT2D eigenvalue weighted by molar-refractivity contribution is 8.00. The fourth-order valence-electron chi connectivity index (χ4n) is 1.85. The number of carbonyl (C=O) groups excluding carboxylic acids is 1. The van der Waals surface area contributed by atoms with Crippen molar-refractivity contribution in [1.82, 2.24) is 9.80 Å².